The first-order chi connectivity index (χ1) is 6.56. The number of carbonyl (C=O) groups is 1. The maximum Gasteiger partial charge on any atom is 0.191 e. The van der Waals surface area contributed by atoms with E-state index in [0.29, 0.717) is 6.29 Å². The van der Waals surface area contributed by atoms with Crippen LogP contribution in [-0.4, -0.2) is 12.4 Å². The van der Waals surface area contributed by atoms with Crippen molar-refractivity contribution in [2.24, 2.45) is 0 Å². The Morgan fingerprint density at radius 1 is 1.36 bits per heavy atom. The van der Waals surface area contributed by atoms with Crippen molar-refractivity contribution in [1.29, 1.82) is 0 Å². The predicted molar refractivity (Wildman–Crippen MR) is 47.5 cm³/mol. The molecule has 0 amide bonds. The summed E-state index contributed by atoms with van der Waals surface area (Å²) in [6.45, 7) is 3.29. The van der Waals surface area contributed by atoms with E-state index >= 15 is 0 Å². The van der Waals surface area contributed by atoms with Gasteiger partial charge in [0.25, 0.3) is 0 Å². The van der Waals surface area contributed by atoms with Gasteiger partial charge in [0.05, 0.1) is 11.7 Å². The summed E-state index contributed by atoms with van der Waals surface area (Å²) in [4.78, 5) is 10.4. The molecule has 0 spiro atoms. The van der Waals surface area contributed by atoms with Crippen molar-refractivity contribution in [2.45, 2.75) is 20.0 Å². The molecule has 0 N–H and O–H groups in total. The number of carbonyl (C=O) groups excluding carboxylic acids is 1. The molecule has 14 heavy (non-hydrogen) atoms. The molecule has 0 aliphatic carbocycles. The average molecular weight is 200 g/mol. The van der Waals surface area contributed by atoms with E-state index in [-0.39, 0.29) is 11.7 Å². The third-order valence-electron chi connectivity index (χ3n) is 1.56. The molecule has 0 unspecified atom stereocenters. The van der Waals surface area contributed by atoms with Crippen molar-refractivity contribution in [2.75, 3.05) is 0 Å². The molecule has 4 heteroatoms. The second kappa shape index (κ2) is 4.17. The smallest absolute Gasteiger partial charge is 0.191 e. The van der Waals surface area contributed by atoms with Crippen molar-refractivity contribution in [3.8, 4) is 5.75 Å². The van der Waals surface area contributed by atoms with Gasteiger partial charge in [0.15, 0.2) is 23.7 Å². The molecule has 1 aromatic rings. The molecule has 0 bridgehead atoms. The molecule has 2 nitrogen and oxygen atoms in total. The third-order valence-corrected chi connectivity index (χ3v) is 1.56. The van der Waals surface area contributed by atoms with Crippen molar-refractivity contribution in [3.05, 3.63) is 29.3 Å². The summed E-state index contributed by atoms with van der Waals surface area (Å²) in [5.74, 6) is -2.25. The van der Waals surface area contributed by atoms with Crippen LogP contribution in [0.5, 0.6) is 5.75 Å². The van der Waals surface area contributed by atoms with Gasteiger partial charge >= 0.3 is 0 Å². The topological polar surface area (TPSA) is 26.3 Å². The monoisotopic (exact) mass is 200 g/mol. The Balaban J connectivity index is 3.18. The largest absolute Gasteiger partial charge is 0.485 e. The average Bonchev–Trinajstić information content (AvgIpc) is 2.12. The van der Waals surface area contributed by atoms with Crippen LogP contribution in [0.3, 0.4) is 0 Å². The molecule has 0 heterocycles. The van der Waals surface area contributed by atoms with Crippen LogP contribution in [0.15, 0.2) is 12.1 Å². The first-order valence-electron chi connectivity index (χ1n) is 4.16. The van der Waals surface area contributed by atoms with Crippen molar-refractivity contribution in [1.82, 2.24) is 0 Å². The van der Waals surface area contributed by atoms with E-state index in [9.17, 15) is 13.6 Å². The second-order valence-electron chi connectivity index (χ2n) is 3.06. The predicted octanol–water partition coefficient (Wildman–Crippen LogP) is 2.56. The van der Waals surface area contributed by atoms with Gasteiger partial charge in [0, 0.05) is 0 Å². The maximum absolute atomic E-state index is 13.3. The quantitative estimate of drug-likeness (QED) is 0.701. The molecule has 0 fully saturated rings. The van der Waals surface area contributed by atoms with Crippen molar-refractivity contribution < 1.29 is 18.3 Å². The SMILES string of the molecule is CC(C)Oc1c(F)ccc(C=O)c1F. The number of ether oxygens (including phenoxy) is 1. The normalized spacial score (nSPS) is 10.4. The highest BCUT2D eigenvalue weighted by Gasteiger charge is 2.15. The van der Waals surface area contributed by atoms with Gasteiger partial charge in [-0.25, -0.2) is 8.78 Å². The first-order valence-corrected chi connectivity index (χ1v) is 4.16. The Morgan fingerprint density at radius 3 is 2.50 bits per heavy atom. The third kappa shape index (κ3) is 2.07. The highest BCUT2D eigenvalue weighted by atomic mass is 19.1. The zero-order chi connectivity index (χ0) is 10.7. The molecule has 76 valence electrons. The summed E-state index contributed by atoms with van der Waals surface area (Å²) >= 11 is 0. The van der Waals surface area contributed by atoms with Crippen LogP contribution in [0.1, 0.15) is 24.2 Å². The minimum absolute atomic E-state index is 0.206. The van der Waals surface area contributed by atoms with Crippen LogP contribution >= 0.6 is 0 Å². The zero-order valence-corrected chi connectivity index (χ0v) is 7.88. The minimum Gasteiger partial charge on any atom is -0.485 e. The van der Waals surface area contributed by atoms with Gasteiger partial charge in [-0.05, 0) is 26.0 Å². The Morgan fingerprint density at radius 2 is 2.00 bits per heavy atom. The Kier molecular flexibility index (Phi) is 3.17. The summed E-state index contributed by atoms with van der Waals surface area (Å²) in [5.41, 5.74) is -0.206. The summed E-state index contributed by atoms with van der Waals surface area (Å²) < 4.78 is 31.3. The second-order valence-corrected chi connectivity index (χ2v) is 3.06. The fourth-order valence-electron chi connectivity index (χ4n) is 0.982. The number of aldehydes is 1. The lowest BCUT2D eigenvalue weighted by Gasteiger charge is -2.11. The number of halogens is 2. The highest BCUT2D eigenvalue weighted by molar-refractivity contribution is 5.76. The molecule has 0 aliphatic heterocycles. The highest BCUT2D eigenvalue weighted by Crippen LogP contribution is 2.24. The Bertz CT molecular complexity index is 348. The van der Waals surface area contributed by atoms with E-state index in [1.165, 1.54) is 0 Å². The van der Waals surface area contributed by atoms with Gasteiger partial charge in [-0.1, -0.05) is 0 Å². The lowest BCUT2D eigenvalue weighted by atomic mass is 10.2. The van der Waals surface area contributed by atoms with Crippen LogP contribution in [0.2, 0.25) is 0 Å². The fourth-order valence-corrected chi connectivity index (χ4v) is 0.982. The summed E-state index contributed by atoms with van der Waals surface area (Å²) in [6.07, 6.45) is -0.0250. The lowest BCUT2D eigenvalue weighted by molar-refractivity contribution is 0.111. The van der Waals surface area contributed by atoms with Crippen molar-refractivity contribution >= 4 is 6.29 Å². The molecule has 0 atom stereocenters. The number of hydrogen-bond donors (Lipinski definition) is 0. The van der Waals surface area contributed by atoms with Crippen molar-refractivity contribution in [3.63, 3.8) is 0 Å². The molecule has 1 aromatic carbocycles. The lowest BCUT2D eigenvalue weighted by Crippen LogP contribution is -2.09. The summed E-state index contributed by atoms with van der Waals surface area (Å²) in [6, 6.07) is 2.08. The number of benzene rings is 1. The summed E-state index contributed by atoms with van der Waals surface area (Å²) in [5, 5.41) is 0. The first kappa shape index (κ1) is 10.6. The van der Waals surface area contributed by atoms with Gasteiger partial charge in [-0.15, -0.1) is 0 Å². The molecule has 0 saturated carbocycles. The van der Waals surface area contributed by atoms with Gasteiger partial charge in [0.1, 0.15) is 0 Å². The van der Waals surface area contributed by atoms with E-state index in [0.717, 1.165) is 12.1 Å². The standard InChI is InChI=1S/C10H10F2O2/c1-6(2)14-10-8(11)4-3-7(5-13)9(10)12/h3-6H,1-2H3. The van der Waals surface area contributed by atoms with Crippen LogP contribution < -0.4 is 4.74 Å². The van der Waals surface area contributed by atoms with Crippen LogP contribution in [-0.2, 0) is 0 Å². The van der Waals surface area contributed by atoms with E-state index in [1.807, 2.05) is 0 Å². The van der Waals surface area contributed by atoms with E-state index < -0.39 is 17.4 Å². The Labute approximate surface area is 80.5 Å². The molecule has 0 radical (unpaired) electrons. The molecule has 0 aromatic heterocycles. The van der Waals surface area contributed by atoms with Gasteiger partial charge < -0.3 is 4.74 Å². The molecular weight excluding hydrogens is 190 g/mol. The van der Waals surface area contributed by atoms with Gasteiger partial charge in [-0.3, -0.25) is 4.79 Å². The Hall–Kier alpha value is -1.45. The molecule has 1 rings (SSSR count). The fraction of sp³-hybridized carbons (Fsp3) is 0.300. The van der Waals surface area contributed by atoms with Crippen LogP contribution in [0.25, 0.3) is 0 Å². The van der Waals surface area contributed by atoms with E-state index in [2.05, 4.69) is 0 Å². The number of rotatable bonds is 3. The van der Waals surface area contributed by atoms with Gasteiger partial charge in [-0.2, -0.15) is 0 Å². The van der Waals surface area contributed by atoms with Crippen LogP contribution in [0.4, 0.5) is 8.78 Å². The number of hydrogen-bond acceptors (Lipinski definition) is 2. The van der Waals surface area contributed by atoms with E-state index in [1.54, 1.807) is 13.8 Å². The molecular formula is C10H10F2O2. The zero-order valence-electron chi connectivity index (χ0n) is 7.88. The minimum atomic E-state index is -0.950. The summed E-state index contributed by atoms with van der Waals surface area (Å²) in [7, 11) is 0. The van der Waals surface area contributed by atoms with E-state index in [4.69, 9.17) is 4.74 Å². The molecule has 0 saturated heterocycles. The van der Waals surface area contributed by atoms with Crippen LogP contribution in [0, 0.1) is 11.6 Å². The van der Waals surface area contributed by atoms with Gasteiger partial charge in [0.2, 0.25) is 0 Å². The molecule has 0 aliphatic rings. The maximum atomic E-state index is 13.3.